The lowest BCUT2D eigenvalue weighted by atomic mass is 10.1. The van der Waals surface area contributed by atoms with Gasteiger partial charge in [0.15, 0.2) is 0 Å². The van der Waals surface area contributed by atoms with E-state index in [1.807, 2.05) is 49.8 Å². The van der Waals surface area contributed by atoms with Crippen LogP contribution >= 0.6 is 0 Å². The van der Waals surface area contributed by atoms with E-state index >= 15 is 0 Å². The van der Waals surface area contributed by atoms with Crippen molar-refractivity contribution in [2.45, 2.75) is 25.6 Å². The number of benzene rings is 1. The van der Waals surface area contributed by atoms with Crippen molar-refractivity contribution >= 4 is 0 Å². The quantitative estimate of drug-likeness (QED) is 0.912. The summed E-state index contributed by atoms with van der Waals surface area (Å²) in [5.41, 5.74) is 0.996. The van der Waals surface area contributed by atoms with Gasteiger partial charge in [0.05, 0.1) is 12.6 Å². The Hall–Kier alpha value is -1.69. The fourth-order valence-electron chi connectivity index (χ4n) is 3.23. The van der Waals surface area contributed by atoms with Gasteiger partial charge in [0.2, 0.25) is 0 Å². The molecule has 1 aromatic carbocycles. The van der Waals surface area contributed by atoms with Crippen molar-refractivity contribution in [3.8, 4) is 0 Å². The summed E-state index contributed by atoms with van der Waals surface area (Å²) in [6, 6.07) is 10.4. The Kier molecular flexibility index (Phi) is 5.10. The third-order valence-corrected chi connectivity index (χ3v) is 4.73. The van der Waals surface area contributed by atoms with Crippen molar-refractivity contribution < 1.29 is 5.11 Å². The van der Waals surface area contributed by atoms with Crippen molar-refractivity contribution in [1.82, 2.24) is 19.4 Å². The Morgan fingerprint density at radius 1 is 1.26 bits per heavy atom. The molecule has 1 saturated heterocycles. The second-order valence-corrected chi connectivity index (χ2v) is 6.46. The molecule has 0 aliphatic carbocycles. The first-order valence-corrected chi connectivity index (χ1v) is 8.29. The molecule has 0 amide bonds. The lowest BCUT2D eigenvalue weighted by Crippen LogP contribution is -2.52. The molecule has 2 atom stereocenters. The predicted molar refractivity (Wildman–Crippen MR) is 90.9 cm³/mol. The van der Waals surface area contributed by atoms with E-state index in [-0.39, 0.29) is 0 Å². The fourth-order valence-corrected chi connectivity index (χ4v) is 3.23. The van der Waals surface area contributed by atoms with Gasteiger partial charge in [-0.1, -0.05) is 30.3 Å². The fraction of sp³-hybridized carbons (Fsp3) is 0.500. The third-order valence-electron chi connectivity index (χ3n) is 4.73. The molecule has 124 valence electrons. The van der Waals surface area contributed by atoms with E-state index in [9.17, 15) is 5.11 Å². The molecule has 1 aliphatic heterocycles. The van der Waals surface area contributed by atoms with Crippen LogP contribution < -0.4 is 0 Å². The molecular formula is C18H26N4O. The van der Waals surface area contributed by atoms with Crippen LogP contribution in [0, 0.1) is 0 Å². The molecule has 23 heavy (non-hydrogen) atoms. The van der Waals surface area contributed by atoms with Gasteiger partial charge in [-0.25, -0.2) is 4.98 Å². The Morgan fingerprint density at radius 2 is 2.04 bits per heavy atom. The Labute approximate surface area is 138 Å². The zero-order valence-electron chi connectivity index (χ0n) is 14.0. The minimum absolute atomic E-state index is 0.413. The second kappa shape index (κ2) is 7.25. The SMILES string of the molecule is C[C@@H]1CN(C[C@H](O)c2ccccc2)CCN1Cc1nccn1C. The van der Waals surface area contributed by atoms with Gasteiger partial charge in [0.1, 0.15) is 5.82 Å². The van der Waals surface area contributed by atoms with E-state index in [0.717, 1.165) is 37.6 Å². The number of piperazine rings is 1. The average Bonchev–Trinajstić information content (AvgIpc) is 2.96. The highest BCUT2D eigenvalue weighted by atomic mass is 16.3. The summed E-state index contributed by atoms with van der Waals surface area (Å²) < 4.78 is 2.08. The van der Waals surface area contributed by atoms with Gasteiger partial charge in [-0.05, 0) is 12.5 Å². The van der Waals surface area contributed by atoms with Crippen LogP contribution in [0.1, 0.15) is 24.4 Å². The number of aromatic nitrogens is 2. The van der Waals surface area contributed by atoms with Gasteiger partial charge in [-0.3, -0.25) is 9.80 Å². The first kappa shape index (κ1) is 16.2. The van der Waals surface area contributed by atoms with Gasteiger partial charge < -0.3 is 9.67 Å². The van der Waals surface area contributed by atoms with Gasteiger partial charge in [-0.2, -0.15) is 0 Å². The van der Waals surface area contributed by atoms with Gasteiger partial charge >= 0.3 is 0 Å². The summed E-state index contributed by atoms with van der Waals surface area (Å²) >= 11 is 0. The van der Waals surface area contributed by atoms with Crippen LogP contribution in [0.25, 0.3) is 0 Å². The molecule has 0 spiro atoms. The van der Waals surface area contributed by atoms with Crippen LogP contribution in [0.4, 0.5) is 0 Å². The first-order valence-electron chi connectivity index (χ1n) is 8.29. The van der Waals surface area contributed by atoms with E-state index in [2.05, 4.69) is 26.3 Å². The maximum atomic E-state index is 10.4. The minimum Gasteiger partial charge on any atom is -0.387 e. The smallest absolute Gasteiger partial charge is 0.122 e. The number of nitrogens with zero attached hydrogens (tertiary/aromatic N) is 4. The normalized spacial score (nSPS) is 21.4. The molecular weight excluding hydrogens is 288 g/mol. The summed E-state index contributed by atoms with van der Waals surface area (Å²) in [4.78, 5) is 9.24. The number of hydrogen-bond donors (Lipinski definition) is 1. The largest absolute Gasteiger partial charge is 0.387 e. The molecule has 1 aliphatic rings. The number of aryl methyl sites for hydroxylation is 1. The molecule has 1 aromatic heterocycles. The maximum Gasteiger partial charge on any atom is 0.122 e. The van der Waals surface area contributed by atoms with Crippen LogP contribution in [0.2, 0.25) is 0 Å². The van der Waals surface area contributed by atoms with E-state index in [0.29, 0.717) is 12.6 Å². The van der Waals surface area contributed by atoms with Crippen LogP contribution in [0.3, 0.4) is 0 Å². The number of hydrogen-bond acceptors (Lipinski definition) is 4. The molecule has 2 aromatic rings. The molecule has 0 saturated carbocycles. The van der Waals surface area contributed by atoms with E-state index in [1.165, 1.54) is 0 Å². The van der Waals surface area contributed by atoms with Crippen LogP contribution in [-0.2, 0) is 13.6 Å². The lowest BCUT2D eigenvalue weighted by Gasteiger charge is -2.40. The Balaban J connectivity index is 1.53. The van der Waals surface area contributed by atoms with E-state index < -0.39 is 6.10 Å². The van der Waals surface area contributed by atoms with E-state index in [4.69, 9.17) is 0 Å². The maximum absolute atomic E-state index is 10.4. The highest BCUT2D eigenvalue weighted by Gasteiger charge is 2.26. The molecule has 3 rings (SSSR count). The average molecular weight is 314 g/mol. The van der Waals surface area contributed by atoms with Crippen molar-refractivity contribution in [2.24, 2.45) is 7.05 Å². The zero-order chi connectivity index (χ0) is 16.2. The summed E-state index contributed by atoms with van der Waals surface area (Å²) in [6.07, 6.45) is 3.43. The standard InChI is InChI=1S/C18H26N4O/c1-15-12-21(13-17(23)16-6-4-3-5-7-16)10-11-22(15)14-18-19-8-9-20(18)2/h3-9,15,17,23H,10-14H2,1-2H3/t15-,17+/m1/s1. The summed E-state index contributed by atoms with van der Waals surface area (Å²) in [5, 5.41) is 10.4. The molecule has 2 heterocycles. The monoisotopic (exact) mass is 314 g/mol. The Morgan fingerprint density at radius 3 is 2.70 bits per heavy atom. The predicted octanol–water partition coefficient (Wildman–Crippen LogP) is 1.66. The topological polar surface area (TPSA) is 44.5 Å². The highest BCUT2D eigenvalue weighted by Crippen LogP contribution is 2.18. The Bertz CT molecular complexity index is 612. The molecule has 1 N–H and O–H groups in total. The number of imidazole rings is 1. The molecule has 1 fully saturated rings. The summed E-state index contributed by atoms with van der Waals surface area (Å²) in [6.45, 7) is 6.82. The molecule has 5 nitrogen and oxygen atoms in total. The number of β-amino-alcohol motifs (C(OH)–C–C–N with tert-alkyl or cyclic N) is 1. The molecule has 0 unspecified atom stereocenters. The van der Waals surface area contributed by atoms with Crippen molar-refractivity contribution in [3.63, 3.8) is 0 Å². The third kappa shape index (κ3) is 3.99. The second-order valence-electron chi connectivity index (χ2n) is 6.46. The van der Waals surface area contributed by atoms with Crippen molar-refractivity contribution in [2.75, 3.05) is 26.2 Å². The number of rotatable bonds is 5. The van der Waals surface area contributed by atoms with Gasteiger partial charge in [0, 0.05) is 51.7 Å². The molecule has 5 heteroatoms. The number of aliphatic hydroxyl groups excluding tert-OH is 1. The van der Waals surface area contributed by atoms with Crippen molar-refractivity contribution in [1.29, 1.82) is 0 Å². The zero-order valence-corrected chi connectivity index (χ0v) is 14.0. The molecule has 0 bridgehead atoms. The lowest BCUT2D eigenvalue weighted by molar-refractivity contribution is 0.0402. The molecule has 0 radical (unpaired) electrons. The summed E-state index contributed by atoms with van der Waals surface area (Å²) in [7, 11) is 2.04. The minimum atomic E-state index is -0.413. The van der Waals surface area contributed by atoms with Crippen molar-refractivity contribution in [3.05, 3.63) is 54.1 Å². The van der Waals surface area contributed by atoms with E-state index in [1.54, 1.807) is 0 Å². The van der Waals surface area contributed by atoms with Crippen LogP contribution in [0.5, 0.6) is 0 Å². The van der Waals surface area contributed by atoms with Gasteiger partial charge in [0.25, 0.3) is 0 Å². The van der Waals surface area contributed by atoms with Gasteiger partial charge in [-0.15, -0.1) is 0 Å². The van der Waals surface area contributed by atoms with Crippen LogP contribution in [0.15, 0.2) is 42.7 Å². The summed E-state index contributed by atoms with van der Waals surface area (Å²) in [5.74, 6) is 1.11. The first-order chi connectivity index (χ1) is 11.1. The number of aliphatic hydroxyl groups is 1. The van der Waals surface area contributed by atoms with Crippen LogP contribution in [-0.4, -0.2) is 56.7 Å². The highest BCUT2D eigenvalue weighted by molar-refractivity contribution is 5.17.